The Morgan fingerprint density at radius 1 is 1.00 bits per heavy atom. The van der Waals surface area contributed by atoms with Gasteiger partial charge < -0.3 is 15.2 Å². The van der Waals surface area contributed by atoms with Crippen molar-refractivity contribution >= 4 is 23.6 Å². The molecule has 0 heterocycles. The van der Waals surface area contributed by atoms with Crippen molar-refractivity contribution in [2.75, 3.05) is 10.6 Å². The third kappa shape index (κ3) is 5.43. The maximum absolute atomic E-state index is 14.3. The second kappa shape index (κ2) is 6.44. The first kappa shape index (κ1) is 18.7. The number of halogens is 1. The van der Waals surface area contributed by atoms with Crippen LogP contribution in [0.2, 0.25) is 0 Å². The van der Waals surface area contributed by atoms with Gasteiger partial charge in [0.15, 0.2) is 5.82 Å². The molecule has 0 unspecified atom stereocenters. The van der Waals surface area contributed by atoms with Crippen LogP contribution >= 0.6 is 0 Å². The maximum Gasteiger partial charge on any atom is 0.424 e. The highest BCUT2D eigenvalue weighted by Crippen LogP contribution is 2.27. The molecule has 0 aromatic heterocycles. The number of ether oxygens (including phenoxy) is 2. The molecular formula is C16H23FN2O4. The normalized spacial score (nSPS) is 11.8. The van der Waals surface area contributed by atoms with E-state index < -0.39 is 29.2 Å². The Bertz CT molecular complexity index is 575. The van der Waals surface area contributed by atoms with Gasteiger partial charge in [0.2, 0.25) is 0 Å². The summed E-state index contributed by atoms with van der Waals surface area (Å²) in [6.45, 7) is 9.80. The third-order valence-corrected chi connectivity index (χ3v) is 2.40. The largest absolute Gasteiger partial charge is 0.443 e. The molecule has 23 heavy (non-hydrogen) atoms. The summed E-state index contributed by atoms with van der Waals surface area (Å²) >= 11 is 0. The molecule has 0 saturated heterocycles. The number of imide groups is 1. The summed E-state index contributed by atoms with van der Waals surface area (Å²) in [7, 11) is 0. The third-order valence-electron chi connectivity index (χ3n) is 2.40. The molecule has 0 aliphatic rings. The second-order valence-corrected chi connectivity index (χ2v) is 6.98. The molecule has 2 N–H and O–H groups in total. The summed E-state index contributed by atoms with van der Waals surface area (Å²) in [5.41, 5.74) is 3.25. The quantitative estimate of drug-likeness (QED) is 0.786. The van der Waals surface area contributed by atoms with Crippen LogP contribution in [0.25, 0.3) is 0 Å². The zero-order valence-electron chi connectivity index (χ0n) is 14.3. The Kier molecular flexibility index (Phi) is 5.24. The minimum Gasteiger partial charge on any atom is -0.443 e. The van der Waals surface area contributed by atoms with E-state index >= 15 is 0 Å². The standard InChI is InChI=1S/C16H23FN2O4/c1-15(2,3)22-13(20)19(14(21)23-16(4,5)6)11-9-7-8-10(18)12(11)17/h7-9H,18H2,1-6H3. The fourth-order valence-electron chi connectivity index (χ4n) is 1.60. The first-order valence-corrected chi connectivity index (χ1v) is 7.12. The summed E-state index contributed by atoms with van der Waals surface area (Å²) in [5, 5.41) is 0. The SMILES string of the molecule is CC(C)(C)OC(=O)N(C(=O)OC(C)(C)C)c1cccc(N)c1F. The molecule has 0 spiro atoms. The molecular weight excluding hydrogens is 303 g/mol. The number of nitrogens with zero attached hydrogens (tertiary/aromatic N) is 1. The van der Waals surface area contributed by atoms with Gasteiger partial charge in [0.05, 0.1) is 11.4 Å². The lowest BCUT2D eigenvalue weighted by Gasteiger charge is -2.28. The molecule has 1 rings (SSSR count). The number of carbonyl (C=O) groups is 2. The van der Waals surface area contributed by atoms with Crippen LogP contribution in [0.3, 0.4) is 0 Å². The first-order chi connectivity index (χ1) is 10.3. The van der Waals surface area contributed by atoms with Gasteiger partial charge in [0, 0.05) is 0 Å². The van der Waals surface area contributed by atoms with Gasteiger partial charge in [-0.15, -0.1) is 0 Å². The lowest BCUT2D eigenvalue weighted by atomic mass is 10.2. The van der Waals surface area contributed by atoms with E-state index in [1.807, 2.05) is 0 Å². The topological polar surface area (TPSA) is 81.9 Å². The number of nitrogens with two attached hydrogens (primary N) is 1. The lowest BCUT2D eigenvalue weighted by Crippen LogP contribution is -2.44. The number of rotatable bonds is 1. The van der Waals surface area contributed by atoms with Crippen LogP contribution in [0.5, 0.6) is 0 Å². The van der Waals surface area contributed by atoms with Crippen LogP contribution in [-0.2, 0) is 9.47 Å². The van der Waals surface area contributed by atoms with Gasteiger partial charge in [-0.2, -0.15) is 4.90 Å². The van der Waals surface area contributed by atoms with Gasteiger partial charge in [0.1, 0.15) is 11.2 Å². The van der Waals surface area contributed by atoms with Crippen LogP contribution in [0.4, 0.5) is 25.4 Å². The predicted octanol–water partition coefficient (Wildman–Crippen LogP) is 4.08. The number of hydrogen-bond acceptors (Lipinski definition) is 5. The van der Waals surface area contributed by atoms with Crippen molar-refractivity contribution < 1.29 is 23.5 Å². The Hall–Kier alpha value is -2.31. The van der Waals surface area contributed by atoms with Crippen molar-refractivity contribution in [1.82, 2.24) is 0 Å². The molecule has 0 bridgehead atoms. The molecule has 2 amide bonds. The summed E-state index contributed by atoms with van der Waals surface area (Å²) in [6, 6.07) is 4.00. The van der Waals surface area contributed by atoms with Crippen LogP contribution in [0, 0.1) is 5.82 Å². The Labute approximate surface area is 135 Å². The van der Waals surface area contributed by atoms with Crippen LogP contribution in [-0.4, -0.2) is 23.4 Å². The zero-order chi connectivity index (χ0) is 18.0. The van der Waals surface area contributed by atoms with Crippen molar-refractivity contribution in [3.05, 3.63) is 24.0 Å². The zero-order valence-corrected chi connectivity index (χ0v) is 14.3. The molecule has 1 aromatic carbocycles. The van der Waals surface area contributed by atoms with E-state index in [2.05, 4.69) is 0 Å². The molecule has 0 fully saturated rings. The molecule has 0 saturated carbocycles. The van der Waals surface area contributed by atoms with E-state index in [1.165, 1.54) is 18.2 Å². The fourth-order valence-corrected chi connectivity index (χ4v) is 1.60. The monoisotopic (exact) mass is 326 g/mol. The maximum atomic E-state index is 14.3. The van der Waals surface area contributed by atoms with Crippen LogP contribution < -0.4 is 10.6 Å². The molecule has 0 radical (unpaired) electrons. The van der Waals surface area contributed by atoms with E-state index in [0.717, 1.165) is 0 Å². The van der Waals surface area contributed by atoms with Gasteiger partial charge in [-0.3, -0.25) is 0 Å². The van der Waals surface area contributed by atoms with Gasteiger partial charge in [-0.25, -0.2) is 14.0 Å². The summed E-state index contributed by atoms with van der Waals surface area (Å²) in [5.74, 6) is -0.899. The van der Waals surface area contributed by atoms with Gasteiger partial charge in [-0.05, 0) is 53.7 Å². The van der Waals surface area contributed by atoms with Gasteiger partial charge in [0.25, 0.3) is 0 Å². The summed E-state index contributed by atoms with van der Waals surface area (Å²) < 4.78 is 24.6. The highest BCUT2D eigenvalue weighted by molar-refractivity contribution is 6.09. The first-order valence-electron chi connectivity index (χ1n) is 7.12. The van der Waals surface area contributed by atoms with Crippen molar-refractivity contribution in [2.24, 2.45) is 0 Å². The Morgan fingerprint density at radius 2 is 1.43 bits per heavy atom. The van der Waals surface area contributed by atoms with E-state index in [0.29, 0.717) is 4.90 Å². The minimum atomic E-state index is -1.05. The Balaban J connectivity index is 3.29. The molecule has 0 aliphatic heterocycles. The van der Waals surface area contributed by atoms with E-state index in [4.69, 9.17) is 15.2 Å². The summed E-state index contributed by atoms with van der Waals surface area (Å²) in [6.07, 6.45) is -2.09. The van der Waals surface area contributed by atoms with E-state index in [1.54, 1.807) is 41.5 Å². The van der Waals surface area contributed by atoms with Crippen molar-refractivity contribution in [3.8, 4) is 0 Å². The Morgan fingerprint density at radius 3 is 1.83 bits per heavy atom. The van der Waals surface area contributed by atoms with Crippen molar-refractivity contribution in [2.45, 2.75) is 52.7 Å². The highest BCUT2D eigenvalue weighted by Gasteiger charge is 2.34. The number of anilines is 2. The number of carbonyl (C=O) groups excluding carboxylic acids is 2. The number of amides is 2. The van der Waals surface area contributed by atoms with Crippen molar-refractivity contribution in [3.63, 3.8) is 0 Å². The smallest absolute Gasteiger partial charge is 0.424 e. The van der Waals surface area contributed by atoms with Crippen molar-refractivity contribution in [1.29, 1.82) is 0 Å². The average molecular weight is 326 g/mol. The van der Waals surface area contributed by atoms with E-state index in [-0.39, 0.29) is 11.4 Å². The molecule has 1 aromatic rings. The minimum absolute atomic E-state index is 0.195. The molecule has 0 atom stereocenters. The molecule has 6 nitrogen and oxygen atoms in total. The number of nitrogen functional groups attached to an aromatic ring is 1. The predicted molar refractivity (Wildman–Crippen MR) is 85.8 cm³/mol. The number of hydrogen-bond donors (Lipinski definition) is 1. The average Bonchev–Trinajstić information content (AvgIpc) is 2.30. The molecule has 7 heteroatoms. The second-order valence-electron chi connectivity index (χ2n) is 6.98. The lowest BCUT2D eigenvalue weighted by molar-refractivity contribution is 0.0429. The molecule has 128 valence electrons. The number of benzene rings is 1. The van der Waals surface area contributed by atoms with Gasteiger partial charge in [-0.1, -0.05) is 6.07 Å². The fraction of sp³-hybridized carbons (Fsp3) is 0.500. The van der Waals surface area contributed by atoms with Crippen LogP contribution in [0.1, 0.15) is 41.5 Å². The van der Waals surface area contributed by atoms with E-state index in [9.17, 15) is 14.0 Å². The van der Waals surface area contributed by atoms with Crippen LogP contribution in [0.15, 0.2) is 18.2 Å². The highest BCUT2D eigenvalue weighted by atomic mass is 19.1. The van der Waals surface area contributed by atoms with Gasteiger partial charge >= 0.3 is 12.2 Å². The molecule has 0 aliphatic carbocycles. The summed E-state index contributed by atoms with van der Waals surface area (Å²) in [4.78, 5) is 25.2.